The van der Waals surface area contributed by atoms with Crippen LogP contribution in [0.1, 0.15) is 27.4 Å². The summed E-state index contributed by atoms with van der Waals surface area (Å²) in [5.74, 6) is 0.135. The summed E-state index contributed by atoms with van der Waals surface area (Å²) in [5, 5.41) is 31.1. The predicted molar refractivity (Wildman–Crippen MR) is 128 cm³/mol. The molecule has 0 bridgehead atoms. The number of carbonyl (C=O) groups excluding carboxylic acids is 1. The molecule has 14 heteroatoms. The van der Waals surface area contributed by atoms with Gasteiger partial charge in [-0.1, -0.05) is 39.3 Å². The number of rotatable bonds is 10. The average molecular weight is 541 g/mol. The number of anilines is 1. The van der Waals surface area contributed by atoms with E-state index in [0.717, 1.165) is 10.0 Å². The number of nitrogens with zero attached hydrogens (tertiary/aromatic N) is 7. The van der Waals surface area contributed by atoms with Crippen LogP contribution in [0.15, 0.2) is 69.0 Å². The molecule has 3 aromatic heterocycles. The average Bonchev–Trinajstić information content (AvgIpc) is 3.54. The lowest BCUT2D eigenvalue weighted by molar-refractivity contribution is 0.0945. The predicted octanol–water partition coefficient (Wildman–Crippen LogP) is 1.79. The molecule has 0 aliphatic carbocycles. The first kappa shape index (κ1) is 24.0. The van der Waals surface area contributed by atoms with Crippen LogP contribution < -0.4 is 16.1 Å². The Morgan fingerprint density at radius 3 is 2.80 bits per heavy atom. The highest BCUT2D eigenvalue weighted by molar-refractivity contribution is 9.10. The maximum atomic E-state index is 12.1. The van der Waals surface area contributed by atoms with E-state index in [1.807, 2.05) is 29.7 Å². The Morgan fingerprint density at radius 1 is 1.17 bits per heavy atom. The summed E-state index contributed by atoms with van der Waals surface area (Å²) < 4.78 is 7.40. The second-order valence-corrected chi connectivity index (χ2v) is 8.08. The molecule has 1 amide bonds. The first-order chi connectivity index (χ1) is 17.1. The molecule has 4 aromatic rings. The van der Waals surface area contributed by atoms with Crippen molar-refractivity contribution in [2.24, 2.45) is 4.99 Å². The number of carbonyl (C=O) groups is 1. The fourth-order valence-electron chi connectivity index (χ4n) is 2.96. The summed E-state index contributed by atoms with van der Waals surface area (Å²) >= 11 is 3.39. The van der Waals surface area contributed by atoms with Crippen molar-refractivity contribution in [1.29, 1.82) is 0 Å². The van der Waals surface area contributed by atoms with Gasteiger partial charge in [0.15, 0.2) is 11.5 Å². The lowest BCUT2D eigenvalue weighted by atomic mass is 10.2. The fourth-order valence-corrected chi connectivity index (χ4v) is 3.22. The summed E-state index contributed by atoms with van der Waals surface area (Å²) in [6, 6.07) is 12.8. The smallest absolute Gasteiger partial charge is 0.270 e. The zero-order valence-corrected chi connectivity index (χ0v) is 19.9. The minimum atomic E-state index is -0.289. The highest BCUT2D eigenvalue weighted by Gasteiger charge is 2.16. The maximum absolute atomic E-state index is 12.1. The number of aromatic nitrogens is 6. The third-order valence-corrected chi connectivity index (χ3v) is 5.23. The molecule has 0 unspecified atom stereocenters. The number of halogens is 1. The van der Waals surface area contributed by atoms with Crippen molar-refractivity contribution in [2.45, 2.75) is 19.6 Å². The lowest BCUT2D eigenvalue weighted by Gasteiger charge is -2.06. The molecule has 1 aromatic carbocycles. The Kier molecular flexibility index (Phi) is 8.08. The van der Waals surface area contributed by atoms with Gasteiger partial charge in [-0.15, -0.1) is 5.10 Å². The van der Waals surface area contributed by atoms with Gasteiger partial charge in [-0.25, -0.2) is 4.63 Å². The normalized spacial score (nSPS) is 11.3. The molecule has 0 atom stereocenters. The van der Waals surface area contributed by atoms with Gasteiger partial charge in [0, 0.05) is 17.2 Å². The van der Waals surface area contributed by atoms with Crippen LogP contribution >= 0.6 is 15.9 Å². The van der Waals surface area contributed by atoms with Crippen LogP contribution in [-0.4, -0.2) is 53.8 Å². The van der Waals surface area contributed by atoms with E-state index in [4.69, 9.17) is 4.63 Å². The monoisotopic (exact) mass is 540 g/mol. The van der Waals surface area contributed by atoms with Crippen LogP contribution in [-0.2, 0) is 19.6 Å². The zero-order valence-electron chi connectivity index (χ0n) is 18.3. The molecule has 3 heterocycles. The Labute approximate surface area is 207 Å². The summed E-state index contributed by atoms with van der Waals surface area (Å²) in [5.41, 5.74) is 4.16. The summed E-state index contributed by atoms with van der Waals surface area (Å²) in [6.07, 6.45) is 3.28. The van der Waals surface area contributed by atoms with E-state index >= 15 is 0 Å². The number of aliphatic imine (C=N–C) groups is 1. The standard InChI is InChI=1S/C21H21BrN10O3/c22-15-6-4-14(5-7-15)11-25-19(28-34)18-20(30-35-29-18)24-9-10-32-13-16(27-31-32)12-26-21(33)17-3-1-2-8-23-17/h1-8,13,34H,9-12H2,(H,24,30)(H,25,28)(H,26,33). The van der Waals surface area contributed by atoms with Crippen LogP contribution in [0.2, 0.25) is 0 Å². The van der Waals surface area contributed by atoms with Crippen molar-refractivity contribution in [3.63, 3.8) is 0 Å². The van der Waals surface area contributed by atoms with Gasteiger partial charge in [0.05, 0.1) is 25.8 Å². The van der Waals surface area contributed by atoms with Gasteiger partial charge in [-0.3, -0.25) is 30.1 Å². The van der Waals surface area contributed by atoms with Gasteiger partial charge in [-0.05, 0) is 40.1 Å². The minimum Gasteiger partial charge on any atom is -0.363 e. The third-order valence-electron chi connectivity index (χ3n) is 4.70. The molecule has 0 spiro atoms. The van der Waals surface area contributed by atoms with Crippen LogP contribution in [0.5, 0.6) is 0 Å². The van der Waals surface area contributed by atoms with Crippen molar-refractivity contribution < 1.29 is 14.6 Å². The largest absolute Gasteiger partial charge is 0.363 e. The topological polar surface area (TPSA) is 168 Å². The van der Waals surface area contributed by atoms with E-state index in [1.54, 1.807) is 35.3 Å². The van der Waals surface area contributed by atoms with E-state index in [1.165, 1.54) is 0 Å². The van der Waals surface area contributed by atoms with Gasteiger partial charge in [0.1, 0.15) is 11.4 Å². The molecule has 0 saturated heterocycles. The molecule has 180 valence electrons. The summed E-state index contributed by atoms with van der Waals surface area (Å²) in [4.78, 5) is 20.4. The number of nitrogens with one attached hydrogen (secondary N) is 3. The molecule has 0 aliphatic heterocycles. The Hall–Kier alpha value is -4.17. The molecule has 35 heavy (non-hydrogen) atoms. The van der Waals surface area contributed by atoms with Gasteiger partial charge >= 0.3 is 0 Å². The van der Waals surface area contributed by atoms with Gasteiger partial charge < -0.3 is 10.6 Å². The van der Waals surface area contributed by atoms with Crippen molar-refractivity contribution in [1.82, 2.24) is 41.1 Å². The Bertz CT molecular complexity index is 1270. The first-order valence-electron chi connectivity index (χ1n) is 10.5. The number of pyridine rings is 1. The maximum Gasteiger partial charge on any atom is 0.270 e. The number of hydrogen-bond acceptors (Lipinski definition) is 10. The number of amides is 1. The number of amidine groups is 1. The SMILES string of the molecule is O=C(NCc1cn(CCNc2nonc2C(=NCc2ccc(Br)cc2)NO)nn1)c1ccccn1. The quantitative estimate of drug-likeness (QED) is 0.132. The molecule has 0 fully saturated rings. The second kappa shape index (κ2) is 11.8. The summed E-state index contributed by atoms with van der Waals surface area (Å²) in [7, 11) is 0. The number of hydrogen-bond donors (Lipinski definition) is 4. The van der Waals surface area contributed by atoms with Crippen molar-refractivity contribution in [3.8, 4) is 0 Å². The molecule has 0 aliphatic rings. The highest BCUT2D eigenvalue weighted by atomic mass is 79.9. The van der Waals surface area contributed by atoms with Crippen molar-refractivity contribution >= 4 is 33.5 Å². The molecular weight excluding hydrogens is 520 g/mol. The van der Waals surface area contributed by atoms with E-state index in [-0.39, 0.29) is 24.0 Å². The van der Waals surface area contributed by atoms with Crippen LogP contribution in [0, 0.1) is 0 Å². The third kappa shape index (κ3) is 6.68. The van der Waals surface area contributed by atoms with Crippen molar-refractivity contribution in [3.05, 3.63) is 82.0 Å². The highest BCUT2D eigenvalue weighted by Crippen LogP contribution is 2.13. The fraction of sp³-hybridized carbons (Fsp3) is 0.190. The van der Waals surface area contributed by atoms with E-state index < -0.39 is 0 Å². The van der Waals surface area contributed by atoms with Crippen LogP contribution in [0.3, 0.4) is 0 Å². The first-order valence-corrected chi connectivity index (χ1v) is 11.3. The molecule has 4 rings (SSSR count). The zero-order chi connectivity index (χ0) is 24.5. The lowest BCUT2D eigenvalue weighted by Crippen LogP contribution is -2.23. The van der Waals surface area contributed by atoms with Gasteiger partial charge in [0.25, 0.3) is 5.91 Å². The van der Waals surface area contributed by atoms with Gasteiger partial charge in [-0.2, -0.15) is 0 Å². The Morgan fingerprint density at radius 2 is 2.03 bits per heavy atom. The molecule has 0 radical (unpaired) electrons. The Balaban J connectivity index is 1.28. The number of benzene rings is 1. The van der Waals surface area contributed by atoms with Crippen molar-refractivity contribution in [2.75, 3.05) is 11.9 Å². The number of hydroxylamine groups is 1. The van der Waals surface area contributed by atoms with Crippen LogP contribution in [0.4, 0.5) is 5.82 Å². The minimum absolute atomic E-state index is 0.114. The molecule has 13 nitrogen and oxygen atoms in total. The van der Waals surface area contributed by atoms with E-state index in [0.29, 0.717) is 36.8 Å². The molecule has 4 N–H and O–H groups in total. The van der Waals surface area contributed by atoms with E-state index in [2.05, 4.69) is 57.2 Å². The van der Waals surface area contributed by atoms with E-state index in [9.17, 15) is 10.0 Å². The van der Waals surface area contributed by atoms with Crippen LogP contribution in [0.25, 0.3) is 0 Å². The molecular formula is C21H21BrN10O3. The van der Waals surface area contributed by atoms with Gasteiger partial charge in [0.2, 0.25) is 5.82 Å². The second-order valence-electron chi connectivity index (χ2n) is 7.16. The molecule has 0 saturated carbocycles. The summed E-state index contributed by atoms with van der Waals surface area (Å²) in [6.45, 7) is 1.41.